The van der Waals surface area contributed by atoms with Crippen molar-refractivity contribution in [3.63, 3.8) is 0 Å². The molecule has 1 saturated heterocycles. The first kappa shape index (κ1) is 21.5. The summed E-state index contributed by atoms with van der Waals surface area (Å²) in [5.74, 6) is 1.49. The number of methoxy groups -OCH3 is 2. The molecule has 0 spiro atoms. The number of benzene rings is 2. The van der Waals surface area contributed by atoms with Gasteiger partial charge >= 0.3 is 5.97 Å². The molecule has 2 aromatic rings. The van der Waals surface area contributed by atoms with Gasteiger partial charge in [-0.2, -0.15) is 0 Å². The third-order valence-electron chi connectivity index (χ3n) is 5.10. The first-order chi connectivity index (χ1) is 14.6. The van der Waals surface area contributed by atoms with Crippen LogP contribution in [0.25, 0.3) is 0 Å². The number of likely N-dealkylation sites (tertiary alicyclic amines) is 1. The fourth-order valence-electron chi connectivity index (χ4n) is 3.62. The van der Waals surface area contributed by atoms with E-state index in [-0.39, 0.29) is 24.5 Å². The molecule has 7 heteroatoms. The summed E-state index contributed by atoms with van der Waals surface area (Å²) in [6, 6.07) is 12.1. The van der Waals surface area contributed by atoms with Gasteiger partial charge in [-0.1, -0.05) is 0 Å². The summed E-state index contributed by atoms with van der Waals surface area (Å²) >= 11 is 0. The maximum atomic E-state index is 12.9. The Morgan fingerprint density at radius 1 is 1.03 bits per heavy atom. The Kier molecular flexibility index (Phi) is 7.17. The second-order valence-electron chi connectivity index (χ2n) is 6.89. The van der Waals surface area contributed by atoms with Gasteiger partial charge in [0.15, 0.2) is 6.61 Å². The molecular weight excluding hydrogens is 386 g/mol. The first-order valence-electron chi connectivity index (χ1n) is 9.98. The van der Waals surface area contributed by atoms with E-state index >= 15 is 0 Å². The molecule has 0 radical (unpaired) electrons. The lowest BCUT2D eigenvalue weighted by Crippen LogP contribution is -2.34. The van der Waals surface area contributed by atoms with Crippen LogP contribution in [-0.2, 0) is 9.53 Å². The van der Waals surface area contributed by atoms with Crippen LogP contribution in [0.3, 0.4) is 0 Å². The lowest BCUT2D eigenvalue weighted by atomic mass is 10.0. The van der Waals surface area contributed by atoms with Crippen molar-refractivity contribution >= 4 is 11.9 Å². The van der Waals surface area contributed by atoms with Gasteiger partial charge in [0, 0.05) is 12.1 Å². The van der Waals surface area contributed by atoms with Crippen molar-refractivity contribution in [1.29, 1.82) is 0 Å². The Morgan fingerprint density at radius 3 is 2.43 bits per heavy atom. The van der Waals surface area contributed by atoms with Crippen LogP contribution < -0.4 is 14.2 Å². The molecule has 0 saturated carbocycles. The van der Waals surface area contributed by atoms with Crippen molar-refractivity contribution in [3.05, 3.63) is 53.6 Å². The minimum Gasteiger partial charge on any atom is -0.497 e. The Morgan fingerprint density at radius 2 is 1.77 bits per heavy atom. The summed E-state index contributed by atoms with van der Waals surface area (Å²) in [6.45, 7) is 2.66. The summed E-state index contributed by atoms with van der Waals surface area (Å²) in [5, 5.41) is 0. The van der Waals surface area contributed by atoms with Gasteiger partial charge in [0.1, 0.15) is 17.2 Å². The van der Waals surface area contributed by atoms with Crippen molar-refractivity contribution in [2.45, 2.75) is 25.8 Å². The van der Waals surface area contributed by atoms with E-state index in [9.17, 15) is 9.59 Å². The second-order valence-corrected chi connectivity index (χ2v) is 6.89. The van der Waals surface area contributed by atoms with Crippen LogP contribution in [0.5, 0.6) is 17.2 Å². The lowest BCUT2D eigenvalue weighted by Gasteiger charge is -2.26. The van der Waals surface area contributed by atoms with Crippen LogP contribution in [0, 0.1) is 0 Å². The van der Waals surface area contributed by atoms with Crippen molar-refractivity contribution in [1.82, 2.24) is 4.90 Å². The zero-order valence-corrected chi connectivity index (χ0v) is 17.6. The highest BCUT2D eigenvalue weighted by Crippen LogP contribution is 2.38. The molecule has 7 nitrogen and oxygen atoms in total. The van der Waals surface area contributed by atoms with Crippen LogP contribution >= 0.6 is 0 Å². The lowest BCUT2D eigenvalue weighted by molar-refractivity contribution is -0.134. The zero-order valence-electron chi connectivity index (χ0n) is 17.6. The van der Waals surface area contributed by atoms with Gasteiger partial charge in [0.25, 0.3) is 5.91 Å². The smallest absolute Gasteiger partial charge is 0.338 e. The average molecular weight is 413 g/mol. The van der Waals surface area contributed by atoms with E-state index < -0.39 is 0 Å². The molecule has 1 fully saturated rings. The molecule has 160 valence electrons. The van der Waals surface area contributed by atoms with Gasteiger partial charge in [0.2, 0.25) is 0 Å². The van der Waals surface area contributed by atoms with E-state index in [1.807, 2.05) is 23.1 Å². The van der Waals surface area contributed by atoms with Crippen LogP contribution in [0.2, 0.25) is 0 Å². The summed E-state index contributed by atoms with van der Waals surface area (Å²) < 4.78 is 21.5. The molecule has 3 rings (SSSR count). The van der Waals surface area contributed by atoms with Gasteiger partial charge in [-0.15, -0.1) is 0 Å². The molecule has 1 atom stereocenters. The molecule has 2 aromatic carbocycles. The highest BCUT2D eigenvalue weighted by atomic mass is 16.5. The largest absolute Gasteiger partial charge is 0.497 e. The summed E-state index contributed by atoms with van der Waals surface area (Å²) in [6.07, 6.45) is 1.76. The molecule has 0 aromatic heterocycles. The van der Waals surface area contributed by atoms with Gasteiger partial charge in [0.05, 0.1) is 32.4 Å². The highest BCUT2D eigenvalue weighted by Gasteiger charge is 2.32. The highest BCUT2D eigenvalue weighted by molar-refractivity contribution is 5.89. The fraction of sp³-hybridized carbons (Fsp3) is 0.391. The second kappa shape index (κ2) is 10.0. The number of amides is 1. The van der Waals surface area contributed by atoms with E-state index in [0.717, 1.165) is 29.9 Å². The Labute approximate surface area is 176 Å². The summed E-state index contributed by atoms with van der Waals surface area (Å²) in [5.41, 5.74) is 1.38. The number of hydrogen-bond acceptors (Lipinski definition) is 6. The van der Waals surface area contributed by atoms with Crippen molar-refractivity contribution in [2.24, 2.45) is 0 Å². The van der Waals surface area contributed by atoms with Crippen LogP contribution in [-0.4, -0.2) is 50.8 Å². The predicted molar refractivity (Wildman–Crippen MR) is 111 cm³/mol. The van der Waals surface area contributed by atoms with Crippen LogP contribution in [0.4, 0.5) is 0 Å². The number of hydrogen-bond donors (Lipinski definition) is 0. The summed E-state index contributed by atoms with van der Waals surface area (Å²) in [4.78, 5) is 26.4. The predicted octanol–water partition coefficient (Wildman–Crippen LogP) is 3.62. The molecule has 30 heavy (non-hydrogen) atoms. The molecule has 0 N–H and O–H groups in total. The molecule has 1 aliphatic rings. The van der Waals surface area contributed by atoms with E-state index in [1.54, 1.807) is 45.4 Å². The van der Waals surface area contributed by atoms with E-state index in [2.05, 4.69) is 0 Å². The van der Waals surface area contributed by atoms with E-state index in [1.165, 1.54) is 0 Å². The average Bonchev–Trinajstić information content (AvgIpc) is 3.27. The Bertz CT molecular complexity index is 880. The van der Waals surface area contributed by atoms with Crippen molar-refractivity contribution < 1.29 is 28.5 Å². The topological polar surface area (TPSA) is 74.3 Å². The SMILES string of the molecule is CCOC(=O)c1ccc(OCC(=O)N2CCCC2c2cc(OC)ccc2OC)cc1. The molecule has 0 bridgehead atoms. The molecule has 1 amide bonds. The maximum Gasteiger partial charge on any atom is 0.338 e. The fourth-order valence-corrected chi connectivity index (χ4v) is 3.62. The normalized spacial score (nSPS) is 15.6. The van der Waals surface area contributed by atoms with Crippen LogP contribution in [0.15, 0.2) is 42.5 Å². The molecule has 1 heterocycles. The minimum atomic E-state index is -0.382. The van der Waals surface area contributed by atoms with E-state index in [0.29, 0.717) is 24.5 Å². The van der Waals surface area contributed by atoms with E-state index in [4.69, 9.17) is 18.9 Å². The molecule has 1 unspecified atom stereocenters. The summed E-state index contributed by atoms with van der Waals surface area (Å²) in [7, 11) is 3.24. The third-order valence-corrected chi connectivity index (χ3v) is 5.10. The maximum absolute atomic E-state index is 12.9. The van der Waals surface area contributed by atoms with Gasteiger partial charge in [-0.3, -0.25) is 4.79 Å². The quantitative estimate of drug-likeness (QED) is 0.616. The standard InChI is InChI=1S/C23H27NO6/c1-4-29-23(26)16-7-9-17(10-8-16)30-15-22(25)24-13-5-6-20(24)19-14-18(27-2)11-12-21(19)28-3/h7-12,14,20H,4-6,13,15H2,1-3H3. The number of esters is 1. The number of ether oxygens (including phenoxy) is 4. The number of nitrogens with zero attached hydrogens (tertiary/aromatic N) is 1. The van der Waals surface area contributed by atoms with Gasteiger partial charge in [-0.05, 0) is 62.2 Å². The molecule has 1 aliphatic heterocycles. The van der Waals surface area contributed by atoms with Crippen LogP contribution in [0.1, 0.15) is 41.7 Å². The van der Waals surface area contributed by atoms with Gasteiger partial charge < -0.3 is 23.8 Å². The minimum absolute atomic E-state index is 0.0818. The molecule has 0 aliphatic carbocycles. The van der Waals surface area contributed by atoms with Crippen molar-refractivity contribution in [2.75, 3.05) is 34.0 Å². The van der Waals surface area contributed by atoms with Crippen molar-refractivity contribution in [3.8, 4) is 17.2 Å². The monoisotopic (exact) mass is 413 g/mol. The molecular formula is C23H27NO6. The number of rotatable bonds is 8. The van der Waals surface area contributed by atoms with Gasteiger partial charge in [-0.25, -0.2) is 4.79 Å². The third kappa shape index (κ3) is 4.84. The number of carbonyl (C=O) groups excluding carboxylic acids is 2. The first-order valence-corrected chi connectivity index (χ1v) is 9.98. The Hall–Kier alpha value is -3.22. The Balaban J connectivity index is 1.66. The number of carbonyl (C=O) groups is 2. The zero-order chi connectivity index (χ0) is 21.5.